The highest BCUT2D eigenvalue weighted by Crippen LogP contribution is 1.94. The first-order chi connectivity index (χ1) is 6.83. The zero-order valence-corrected chi connectivity index (χ0v) is 8.25. The highest BCUT2D eigenvalue weighted by atomic mass is 16.1. The number of imidazole rings is 1. The summed E-state index contributed by atoms with van der Waals surface area (Å²) in [7, 11) is 0. The van der Waals surface area contributed by atoms with Gasteiger partial charge in [-0.2, -0.15) is 0 Å². The van der Waals surface area contributed by atoms with Gasteiger partial charge in [0.05, 0.1) is 12.0 Å². The summed E-state index contributed by atoms with van der Waals surface area (Å²) in [6.07, 6.45) is 6.49. The summed E-state index contributed by atoms with van der Waals surface area (Å²) in [4.78, 5) is 18.1. The SMILES string of the molecule is [CH2]CCCC(=O)NCCc1c[nH]cn1. The largest absolute Gasteiger partial charge is 0.356 e. The van der Waals surface area contributed by atoms with E-state index in [0.29, 0.717) is 13.0 Å². The van der Waals surface area contributed by atoms with Crippen molar-refractivity contribution in [2.24, 2.45) is 0 Å². The van der Waals surface area contributed by atoms with Crippen LogP contribution in [0, 0.1) is 6.92 Å². The molecule has 2 N–H and O–H groups in total. The fourth-order valence-electron chi connectivity index (χ4n) is 1.13. The van der Waals surface area contributed by atoms with Crippen LogP contribution in [0.15, 0.2) is 12.5 Å². The van der Waals surface area contributed by atoms with Gasteiger partial charge in [0.2, 0.25) is 5.91 Å². The van der Waals surface area contributed by atoms with Gasteiger partial charge < -0.3 is 10.3 Å². The molecule has 4 nitrogen and oxygen atoms in total. The number of rotatable bonds is 6. The van der Waals surface area contributed by atoms with Gasteiger partial charge >= 0.3 is 0 Å². The van der Waals surface area contributed by atoms with E-state index in [1.54, 1.807) is 6.33 Å². The third-order valence-corrected chi connectivity index (χ3v) is 1.91. The van der Waals surface area contributed by atoms with Gasteiger partial charge in [0.15, 0.2) is 0 Å². The van der Waals surface area contributed by atoms with Gasteiger partial charge in [-0.15, -0.1) is 0 Å². The van der Waals surface area contributed by atoms with Crippen LogP contribution in [0.4, 0.5) is 0 Å². The number of unbranched alkanes of at least 4 members (excludes halogenated alkanes) is 1. The van der Waals surface area contributed by atoms with E-state index in [1.807, 2.05) is 6.20 Å². The molecular formula is C10H16N3O. The van der Waals surface area contributed by atoms with Crippen molar-refractivity contribution < 1.29 is 4.79 Å². The van der Waals surface area contributed by atoms with E-state index in [0.717, 1.165) is 25.0 Å². The molecule has 14 heavy (non-hydrogen) atoms. The molecule has 1 radical (unpaired) electrons. The first-order valence-corrected chi connectivity index (χ1v) is 4.86. The zero-order chi connectivity index (χ0) is 10.2. The van der Waals surface area contributed by atoms with Gasteiger partial charge in [0.25, 0.3) is 0 Å². The van der Waals surface area contributed by atoms with Crippen molar-refractivity contribution in [3.63, 3.8) is 0 Å². The fourth-order valence-corrected chi connectivity index (χ4v) is 1.13. The number of aromatic amines is 1. The molecule has 0 aliphatic heterocycles. The van der Waals surface area contributed by atoms with Gasteiger partial charge in [-0.1, -0.05) is 13.3 Å². The topological polar surface area (TPSA) is 57.8 Å². The lowest BCUT2D eigenvalue weighted by Crippen LogP contribution is -2.25. The maximum atomic E-state index is 11.2. The van der Waals surface area contributed by atoms with Gasteiger partial charge in [-0.25, -0.2) is 4.98 Å². The predicted octanol–water partition coefficient (Wildman–Crippen LogP) is 1.07. The van der Waals surface area contributed by atoms with Crippen LogP contribution in [-0.4, -0.2) is 22.4 Å². The minimum atomic E-state index is 0.101. The van der Waals surface area contributed by atoms with Crippen LogP contribution in [0.1, 0.15) is 25.0 Å². The van der Waals surface area contributed by atoms with Crippen LogP contribution in [0.3, 0.4) is 0 Å². The molecule has 0 saturated carbocycles. The van der Waals surface area contributed by atoms with Gasteiger partial charge in [0.1, 0.15) is 0 Å². The fraction of sp³-hybridized carbons (Fsp3) is 0.500. The molecule has 0 fully saturated rings. The number of hydrogen-bond donors (Lipinski definition) is 2. The lowest BCUT2D eigenvalue weighted by molar-refractivity contribution is -0.121. The Morgan fingerprint density at radius 3 is 3.14 bits per heavy atom. The second kappa shape index (κ2) is 6.18. The summed E-state index contributed by atoms with van der Waals surface area (Å²) in [5.41, 5.74) is 0.974. The summed E-state index contributed by atoms with van der Waals surface area (Å²) in [5.74, 6) is 0.101. The molecular weight excluding hydrogens is 178 g/mol. The average molecular weight is 194 g/mol. The van der Waals surface area contributed by atoms with Crippen LogP contribution < -0.4 is 5.32 Å². The molecule has 1 heterocycles. The third kappa shape index (κ3) is 4.07. The number of carbonyl (C=O) groups excluding carboxylic acids is 1. The number of nitrogens with zero attached hydrogens (tertiary/aromatic N) is 1. The summed E-state index contributed by atoms with van der Waals surface area (Å²) in [5, 5.41) is 2.84. The van der Waals surface area contributed by atoms with E-state index in [1.165, 1.54) is 0 Å². The van der Waals surface area contributed by atoms with E-state index >= 15 is 0 Å². The molecule has 0 spiro atoms. The highest BCUT2D eigenvalue weighted by molar-refractivity contribution is 5.75. The molecule has 1 amide bonds. The number of hydrogen-bond acceptors (Lipinski definition) is 2. The van der Waals surface area contributed by atoms with Gasteiger partial charge in [-0.3, -0.25) is 4.79 Å². The van der Waals surface area contributed by atoms with E-state index in [4.69, 9.17) is 0 Å². The molecule has 1 aromatic rings. The summed E-state index contributed by atoms with van der Waals surface area (Å²) in [6, 6.07) is 0. The minimum absolute atomic E-state index is 0.101. The van der Waals surface area contributed by atoms with Crippen molar-refractivity contribution in [3.8, 4) is 0 Å². The third-order valence-electron chi connectivity index (χ3n) is 1.91. The van der Waals surface area contributed by atoms with Gasteiger partial charge in [0, 0.05) is 25.6 Å². The Morgan fingerprint density at radius 1 is 1.64 bits per heavy atom. The quantitative estimate of drug-likeness (QED) is 0.711. The molecule has 1 rings (SSSR count). The van der Waals surface area contributed by atoms with E-state index < -0.39 is 0 Å². The summed E-state index contributed by atoms with van der Waals surface area (Å²) >= 11 is 0. The van der Waals surface area contributed by atoms with Crippen LogP contribution in [0.5, 0.6) is 0 Å². The molecule has 0 aliphatic rings. The number of aromatic nitrogens is 2. The number of amides is 1. The van der Waals surface area contributed by atoms with Crippen LogP contribution in [0.25, 0.3) is 0 Å². The van der Waals surface area contributed by atoms with Crippen molar-refractivity contribution in [3.05, 3.63) is 25.1 Å². The summed E-state index contributed by atoms with van der Waals surface area (Å²) < 4.78 is 0. The molecule has 0 aliphatic carbocycles. The standard InChI is InChI=1S/C10H16N3O/c1-2-3-4-10(14)12-6-5-9-7-11-8-13-9/h7-8H,1-6H2,(H,11,13)(H,12,14). The Morgan fingerprint density at radius 2 is 2.50 bits per heavy atom. The Kier molecular flexibility index (Phi) is 4.75. The Balaban J connectivity index is 2.06. The summed E-state index contributed by atoms with van der Waals surface area (Å²) in [6.45, 7) is 4.34. The first kappa shape index (κ1) is 10.8. The van der Waals surface area contributed by atoms with Crippen molar-refractivity contribution >= 4 is 5.91 Å². The van der Waals surface area contributed by atoms with Crippen LogP contribution >= 0.6 is 0 Å². The molecule has 0 bridgehead atoms. The first-order valence-electron chi connectivity index (χ1n) is 4.86. The average Bonchev–Trinajstić information content (AvgIpc) is 2.67. The second-order valence-electron chi connectivity index (χ2n) is 3.12. The Hall–Kier alpha value is -1.32. The van der Waals surface area contributed by atoms with Crippen molar-refractivity contribution in [1.29, 1.82) is 0 Å². The van der Waals surface area contributed by atoms with Crippen molar-refractivity contribution in [2.45, 2.75) is 25.7 Å². The maximum absolute atomic E-state index is 11.2. The van der Waals surface area contributed by atoms with Crippen molar-refractivity contribution in [1.82, 2.24) is 15.3 Å². The smallest absolute Gasteiger partial charge is 0.220 e. The normalized spacial score (nSPS) is 10.1. The van der Waals surface area contributed by atoms with Crippen LogP contribution in [0.2, 0.25) is 0 Å². The molecule has 1 aromatic heterocycles. The van der Waals surface area contributed by atoms with Gasteiger partial charge in [-0.05, 0) is 6.42 Å². The number of nitrogens with one attached hydrogen (secondary N) is 2. The monoisotopic (exact) mass is 194 g/mol. The molecule has 0 saturated heterocycles. The molecule has 0 unspecified atom stereocenters. The van der Waals surface area contributed by atoms with E-state index in [2.05, 4.69) is 22.2 Å². The Bertz CT molecular complexity index is 256. The van der Waals surface area contributed by atoms with Crippen molar-refractivity contribution in [2.75, 3.05) is 6.54 Å². The van der Waals surface area contributed by atoms with Crippen LogP contribution in [-0.2, 0) is 11.2 Å². The maximum Gasteiger partial charge on any atom is 0.220 e. The number of H-pyrrole nitrogens is 1. The zero-order valence-electron chi connectivity index (χ0n) is 8.25. The minimum Gasteiger partial charge on any atom is -0.356 e. The molecule has 0 aromatic carbocycles. The lowest BCUT2D eigenvalue weighted by Gasteiger charge is -2.02. The molecule has 4 heteroatoms. The predicted molar refractivity (Wildman–Crippen MR) is 54.5 cm³/mol. The molecule has 0 atom stereocenters. The lowest BCUT2D eigenvalue weighted by atomic mass is 10.2. The number of carbonyl (C=O) groups is 1. The second-order valence-corrected chi connectivity index (χ2v) is 3.12. The Labute approximate surface area is 84.1 Å². The highest BCUT2D eigenvalue weighted by Gasteiger charge is 1.99. The van der Waals surface area contributed by atoms with E-state index in [9.17, 15) is 4.79 Å². The molecule has 77 valence electrons. The van der Waals surface area contributed by atoms with E-state index in [-0.39, 0.29) is 5.91 Å².